The van der Waals surface area contributed by atoms with Crippen molar-refractivity contribution in [3.63, 3.8) is 0 Å². The lowest BCUT2D eigenvalue weighted by atomic mass is 10.2. The summed E-state index contributed by atoms with van der Waals surface area (Å²) in [7, 11) is 0. The van der Waals surface area contributed by atoms with Crippen molar-refractivity contribution in [2.75, 3.05) is 0 Å². The molecule has 2 aromatic carbocycles. The number of H-pyrrole nitrogens is 1. The fourth-order valence-electron chi connectivity index (χ4n) is 1.87. The molecule has 0 aliphatic heterocycles. The number of hydrogen-bond donors (Lipinski definition) is 2. The second-order valence-electron chi connectivity index (χ2n) is 3.88. The number of hydrogen-bond acceptors (Lipinski definition) is 2. The van der Waals surface area contributed by atoms with Crippen LogP contribution in [-0.2, 0) is 0 Å². The summed E-state index contributed by atoms with van der Waals surface area (Å²) in [6, 6.07) is 9.88. The lowest BCUT2D eigenvalue weighted by Crippen LogP contribution is -1.86. The summed E-state index contributed by atoms with van der Waals surface area (Å²) in [5.41, 5.74) is 2.11. The lowest BCUT2D eigenvalue weighted by molar-refractivity contribution is 0.470. The van der Waals surface area contributed by atoms with E-state index in [0.29, 0.717) is 15.9 Å². The number of aromatic amines is 1. The van der Waals surface area contributed by atoms with E-state index in [1.54, 1.807) is 0 Å². The predicted molar refractivity (Wildman–Crippen MR) is 70.9 cm³/mol. The molecule has 0 atom stereocenters. The van der Waals surface area contributed by atoms with Gasteiger partial charge in [-0.2, -0.15) is 0 Å². The molecule has 3 nitrogen and oxygen atoms in total. The number of aromatic hydroxyl groups is 1. The minimum absolute atomic E-state index is 0.152. The molecule has 0 spiro atoms. The van der Waals surface area contributed by atoms with Crippen LogP contribution in [-0.4, -0.2) is 15.1 Å². The third-order valence-corrected chi connectivity index (χ3v) is 3.29. The zero-order chi connectivity index (χ0) is 12.7. The van der Waals surface area contributed by atoms with Gasteiger partial charge in [-0.1, -0.05) is 12.1 Å². The maximum Gasteiger partial charge on any atom is 0.143 e. The average molecular weight is 307 g/mol. The zero-order valence-corrected chi connectivity index (χ0v) is 10.7. The Bertz CT molecular complexity index is 683. The predicted octanol–water partition coefficient (Wildman–Crippen LogP) is 3.84. The molecule has 0 unspecified atom stereocenters. The molecule has 0 aliphatic rings. The Hall–Kier alpha value is -1.88. The molecule has 2 N–H and O–H groups in total. The zero-order valence-electron chi connectivity index (χ0n) is 9.11. The number of rotatable bonds is 1. The summed E-state index contributed by atoms with van der Waals surface area (Å²) in [5, 5.41) is 9.82. The minimum Gasteiger partial charge on any atom is -0.507 e. The number of phenols is 1. The van der Waals surface area contributed by atoms with E-state index in [1.807, 2.05) is 24.3 Å². The molecule has 0 aliphatic carbocycles. The number of phenolic OH excluding ortho intramolecular Hbond substituents is 1. The summed E-state index contributed by atoms with van der Waals surface area (Å²) >= 11 is 3.23. The first-order valence-corrected chi connectivity index (χ1v) is 6.07. The van der Waals surface area contributed by atoms with Gasteiger partial charge < -0.3 is 10.1 Å². The third kappa shape index (κ3) is 1.76. The van der Waals surface area contributed by atoms with Gasteiger partial charge in [-0.05, 0) is 34.1 Å². The minimum atomic E-state index is -0.501. The van der Waals surface area contributed by atoms with E-state index in [0.717, 1.165) is 17.1 Å². The molecule has 3 aromatic rings. The molecule has 0 saturated carbocycles. The highest BCUT2D eigenvalue weighted by Gasteiger charge is 2.14. The van der Waals surface area contributed by atoms with E-state index >= 15 is 0 Å². The molecule has 0 amide bonds. The van der Waals surface area contributed by atoms with Gasteiger partial charge in [0.05, 0.1) is 16.6 Å². The number of nitrogens with zero attached hydrogens (tertiary/aromatic N) is 1. The quantitative estimate of drug-likeness (QED) is 0.717. The highest BCUT2D eigenvalue weighted by atomic mass is 79.9. The smallest absolute Gasteiger partial charge is 0.143 e. The first-order valence-electron chi connectivity index (χ1n) is 5.28. The van der Waals surface area contributed by atoms with Crippen molar-refractivity contribution < 1.29 is 9.50 Å². The molecule has 3 rings (SSSR count). The first-order chi connectivity index (χ1) is 8.65. The van der Waals surface area contributed by atoms with Gasteiger partial charge in [-0.3, -0.25) is 0 Å². The number of imidazole rings is 1. The monoisotopic (exact) mass is 306 g/mol. The second kappa shape index (κ2) is 4.10. The molecule has 18 heavy (non-hydrogen) atoms. The van der Waals surface area contributed by atoms with Crippen LogP contribution in [0.2, 0.25) is 0 Å². The van der Waals surface area contributed by atoms with Crippen LogP contribution < -0.4 is 0 Å². The topological polar surface area (TPSA) is 48.9 Å². The third-order valence-electron chi connectivity index (χ3n) is 2.66. The Morgan fingerprint density at radius 2 is 2.00 bits per heavy atom. The molecule has 90 valence electrons. The van der Waals surface area contributed by atoms with Gasteiger partial charge in [0, 0.05) is 10.5 Å². The van der Waals surface area contributed by atoms with Gasteiger partial charge in [0.25, 0.3) is 0 Å². The van der Waals surface area contributed by atoms with Crippen LogP contribution in [0.25, 0.3) is 22.4 Å². The van der Waals surface area contributed by atoms with E-state index in [1.165, 1.54) is 6.07 Å². The molecule has 1 aromatic heterocycles. The highest BCUT2D eigenvalue weighted by Crippen LogP contribution is 2.36. The van der Waals surface area contributed by atoms with Crippen molar-refractivity contribution in [3.8, 4) is 17.1 Å². The van der Waals surface area contributed by atoms with Crippen LogP contribution >= 0.6 is 15.9 Å². The standard InChI is InChI=1S/C13H8BrFN2O/c14-8-5-7(15)6-11(18)12(8)13-16-9-3-1-2-4-10(9)17-13/h1-6,18H,(H,16,17). The van der Waals surface area contributed by atoms with Gasteiger partial charge in [-0.25, -0.2) is 9.37 Å². The van der Waals surface area contributed by atoms with E-state index < -0.39 is 5.82 Å². The van der Waals surface area contributed by atoms with Crippen LogP contribution in [0.3, 0.4) is 0 Å². The van der Waals surface area contributed by atoms with Crippen molar-refractivity contribution in [3.05, 3.63) is 46.7 Å². The van der Waals surface area contributed by atoms with Crippen molar-refractivity contribution >= 4 is 27.0 Å². The summed E-state index contributed by atoms with van der Waals surface area (Å²) in [6.45, 7) is 0. The van der Waals surface area contributed by atoms with Gasteiger partial charge in [0.1, 0.15) is 17.4 Å². The van der Waals surface area contributed by atoms with Gasteiger partial charge >= 0.3 is 0 Å². The maximum absolute atomic E-state index is 13.1. The largest absolute Gasteiger partial charge is 0.507 e. The van der Waals surface area contributed by atoms with Crippen molar-refractivity contribution in [2.24, 2.45) is 0 Å². The summed E-state index contributed by atoms with van der Waals surface area (Å²) < 4.78 is 13.6. The second-order valence-corrected chi connectivity index (χ2v) is 4.74. The Labute approximate surface area is 110 Å². The number of nitrogens with one attached hydrogen (secondary N) is 1. The van der Waals surface area contributed by atoms with Gasteiger partial charge in [0.2, 0.25) is 0 Å². The molecule has 5 heteroatoms. The Balaban J connectivity index is 2.26. The summed E-state index contributed by atoms with van der Waals surface area (Å²) in [6.07, 6.45) is 0. The van der Waals surface area contributed by atoms with E-state index in [9.17, 15) is 9.50 Å². The Kier molecular flexibility index (Phi) is 2.56. The lowest BCUT2D eigenvalue weighted by Gasteiger charge is -2.04. The number of benzene rings is 2. The number of aromatic nitrogens is 2. The number of halogens is 2. The molecular formula is C13H8BrFN2O. The summed E-state index contributed by atoms with van der Waals surface area (Å²) in [5.74, 6) is -0.152. The molecule has 0 saturated heterocycles. The van der Waals surface area contributed by atoms with Gasteiger partial charge in [-0.15, -0.1) is 0 Å². The van der Waals surface area contributed by atoms with Crippen molar-refractivity contribution in [1.82, 2.24) is 9.97 Å². The van der Waals surface area contributed by atoms with Gasteiger partial charge in [0.15, 0.2) is 0 Å². The molecule has 0 fully saturated rings. The summed E-state index contributed by atoms with van der Waals surface area (Å²) in [4.78, 5) is 7.46. The molecule has 1 heterocycles. The maximum atomic E-state index is 13.1. The Morgan fingerprint density at radius 1 is 1.22 bits per heavy atom. The van der Waals surface area contributed by atoms with E-state index in [4.69, 9.17) is 0 Å². The van der Waals surface area contributed by atoms with Crippen LogP contribution in [0.4, 0.5) is 4.39 Å². The normalized spacial score (nSPS) is 11.0. The van der Waals surface area contributed by atoms with Crippen molar-refractivity contribution in [1.29, 1.82) is 0 Å². The number of fused-ring (bicyclic) bond motifs is 1. The van der Waals surface area contributed by atoms with Crippen LogP contribution in [0, 0.1) is 5.82 Å². The Morgan fingerprint density at radius 3 is 2.72 bits per heavy atom. The fraction of sp³-hybridized carbons (Fsp3) is 0. The van der Waals surface area contributed by atoms with Crippen LogP contribution in [0.15, 0.2) is 40.9 Å². The van der Waals surface area contributed by atoms with E-state index in [-0.39, 0.29) is 5.75 Å². The first kappa shape index (κ1) is 11.2. The molecule has 0 bridgehead atoms. The van der Waals surface area contributed by atoms with Crippen LogP contribution in [0.1, 0.15) is 0 Å². The molecular weight excluding hydrogens is 299 g/mol. The average Bonchev–Trinajstić information content (AvgIpc) is 2.70. The van der Waals surface area contributed by atoms with Crippen LogP contribution in [0.5, 0.6) is 5.75 Å². The highest BCUT2D eigenvalue weighted by molar-refractivity contribution is 9.10. The SMILES string of the molecule is Oc1cc(F)cc(Br)c1-c1nc2ccccc2[nH]1. The van der Waals surface area contributed by atoms with Crippen molar-refractivity contribution in [2.45, 2.75) is 0 Å². The molecule has 0 radical (unpaired) electrons. The van der Waals surface area contributed by atoms with E-state index in [2.05, 4.69) is 25.9 Å². The number of para-hydroxylation sites is 2. The fourth-order valence-corrected chi connectivity index (χ4v) is 2.48.